The minimum Gasteiger partial charge on any atom is -0.478 e. The van der Waals surface area contributed by atoms with Gasteiger partial charge < -0.3 is 20.7 Å². The summed E-state index contributed by atoms with van der Waals surface area (Å²) in [6.07, 6.45) is 4.10. The molecular formula is C13H15FN4O2. The summed E-state index contributed by atoms with van der Waals surface area (Å²) in [5.74, 6) is -0.909. The summed E-state index contributed by atoms with van der Waals surface area (Å²) < 4.78 is 15.5. The highest BCUT2D eigenvalue weighted by Crippen LogP contribution is 2.22. The Labute approximate surface area is 115 Å². The predicted octanol–water partition coefficient (Wildman–Crippen LogP) is 1.49. The minimum atomic E-state index is -1.19. The number of nitrogens with two attached hydrogens (primary N) is 1. The van der Waals surface area contributed by atoms with Gasteiger partial charge in [0, 0.05) is 38.1 Å². The third-order valence-electron chi connectivity index (χ3n) is 2.95. The molecule has 2 aromatic rings. The van der Waals surface area contributed by atoms with Gasteiger partial charge in [-0.3, -0.25) is 0 Å². The van der Waals surface area contributed by atoms with Gasteiger partial charge in [0.2, 0.25) is 0 Å². The van der Waals surface area contributed by atoms with Crippen molar-refractivity contribution >= 4 is 17.3 Å². The molecule has 0 amide bonds. The van der Waals surface area contributed by atoms with Gasteiger partial charge in [0.1, 0.15) is 11.6 Å². The van der Waals surface area contributed by atoms with Gasteiger partial charge >= 0.3 is 5.97 Å². The van der Waals surface area contributed by atoms with E-state index in [0.717, 1.165) is 11.9 Å². The van der Waals surface area contributed by atoms with E-state index in [9.17, 15) is 9.18 Å². The molecule has 0 aliphatic rings. The molecule has 0 radical (unpaired) electrons. The Morgan fingerprint density at radius 2 is 2.30 bits per heavy atom. The Bertz CT molecular complexity index is 639. The largest absolute Gasteiger partial charge is 0.478 e. The number of carbonyl (C=O) groups is 1. The van der Waals surface area contributed by atoms with Crippen LogP contribution in [0.5, 0.6) is 0 Å². The summed E-state index contributed by atoms with van der Waals surface area (Å²) in [4.78, 5) is 15.1. The summed E-state index contributed by atoms with van der Waals surface area (Å²) >= 11 is 0. The third kappa shape index (κ3) is 2.87. The van der Waals surface area contributed by atoms with Gasteiger partial charge in [-0.05, 0) is 12.1 Å². The van der Waals surface area contributed by atoms with Gasteiger partial charge in [0.05, 0.1) is 11.3 Å². The van der Waals surface area contributed by atoms with Crippen molar-refractivity contribution in [2.24, 2.45) is 7.05 Å². The van der Waals surface area contributed by atoms with E-state index in [1.54, 1.807) is 6.20 Å². The van der Waals surface area contributed by atoms with Gasteiger partial charge in [0.15, 0.2) is 0 Å². The lowest BCUT2D eigenvalue weighted by molar-refractivity contribution is 0.0698. The summed E-state index contributed by atoms with van der Waals surface area (Å²) in [7, 11) is 1.87. The average molecular weight is 278 g/mol. The zero-order valence-corrected chi connectivity index (χ0v) is 10.9. The fourth-order valence-corrected chi connectivity index (χ4v) is 1.86. The van der Waals surface area contributed by atoms with Crippen molar-refractivity contribution in [3.05, 3.63) is 41.7 Å². The number of nitrogens with zero attached hydrogens (tertiary/aromatic N) is 2. The summed E-state index contributed by atoms with van der Waals surface area (Å²) in [6, 6.07) is 2.21. The molecule has 0 saturated carbocycles. The number of benzene rings is 1. The van der Waals surface area contributed by atoms with E-state index in [1.807, 2.05) is 17.8 Å². The first kappa shape index (κ1) is 13.9. The number of imidazole rings is 1. The van der Waals surface area contributed by atoms with Crippen LogP contribution < -0.4 is 11.1 Å². The molecular weight excluding hydrogens is 263 g/mol. The number of anilines is 2. The van der Waals surface area contributed by atoms with Crippen molar-refractivity contribution in [1.29, 1.82) is 0 Å². The van der Waals surface area contributed by atoms with Crippen LogP contribution in [0.1, 0.15) is 16.2 Å². The van der Waals surface area contributed by atoms with Crippen LogP contribution >= 0.6 is 0 Å². The highest BCUT2D eigenvalue weighted by atomic mass is 19.1. The van der Waals surface area contributed by atoms with E-state index in [2.05, 4.69) is 10.3 Å². The fraction of sp³-hybridized carbons (Fsp3) is 0.231. The van der Waals surface area contributed by atoms with Crippen molar-refractivity contribution in [2.45, 2.75) is 6.42 Å². The first-order chi connectivity index (χ1) is 9.49. The third-order valence-corrected chi connectivity index (χ3v) is 2.95. The lowest BCUT2D eigenvalue weighted by Crippen LogP contribution is -2.11. The first-order valence-electron chi connectivity index (χ1n) is 6.01. The quantitative estimate of drug-likeness (QED) is 0.721. The molecule has 0 atom stereocenters. The number of halogens is 1. The van der Waals surface area contributed by atoms with Crippen LogP contribution in [0.4, 0.5) is 15.8 Å². The van der Waals surface area contributed by atoms with Gasteiger partial charge in [-0.25, -0.2) is 14.2 Å². The van der Waals surface area contributed by atoms with Crippen LogP contribution in [0.15, 0.2) is 24.5 Å². The van der Waals surface area contributed by atoms with E-state index in [1.165, 1.54) is 6.07 Å². The molecule has 106 valence electrons. The molecule has 0 aliphatic heterocycles. The molecule has 20 heavy (non-hydrogen) atoms. The second-order valence-corrected chi connectivity index (χ2v) is 4.36. The standard InChI is InChI=1S/C13H15FN4O2/c1-18-5-4-17-12(18)2-3-16-11-6-8(13(19)20)10(15)7-9(11)14/h4-7,16H,2-3,15H2,1H3,(H,19,20). The second kappa shape index (κ2) is 5.60. The Balaban J connectivity index is 2.08. The molecule has 0 aliphatic carbocycles. The number of rotatable bonds is 5. The molecule has 0 unspecified atom stereocenters. The molecule has 0 bridgehead atoms. The number of nitrogen functional groups attached to an aromatic ring is 1. The number of carboxylic acid groups (broad SMARTS) is 1. The Morgan fingerprint density at radius 1 is 1.55 bits per heavy atom. The van der Waals surface area contributed by atoms with Crippen LogP contribution in [0.25, 0.3) is 0 Å². The zero-order chi connectivity index (χ0) is 14.7. The van der Waals surface area contributed by atoms with Crippen LogP contribution in [0, 0.1) is 5.82 Å². The molecule has 4 N–H and O–H groups in total. The van der Waals surface area contributed by atoms with Crippen molar-refractivity contribution in [3.63, 3.8) is 0 Å². The van der Waals surface area contributed by atoms with E-state index < -0.39 is 11.8 Å². The second-order valence-electron chi connectivity index (χ2n) is 4.36. The lowest BCUT2D eigenvalue weighted by atomic mass is 10.1. The number of aryl methyl sites for hydroxylation is 1. The summed E-state index contributed by atoms with van der Waals surface area (Å²) in [6.45, 7) is 0.435. The fourth-order valence-electron chi connectivity index (χ4n) is 1.86. The Morgan fingerprint density at radius 3 is 2.90 bits per heavy atom. The monoisotopic (exact) mass is 278 g/mol. The van der Waals surface area contributed by atoms with Crippen LogP contribution in [0.2, 0.25) is 0 Å². The van der Waals surface area contributed by atoms with Gasteiger partial charge in [-0.1, -0.05) is 0 Å². The first-order valence-corrected chi connectivity index (χ1v) is 6.01. The molecule has 2 rings (SSSR count). The SMILES string of the molecule is Cn1ccnc1CCNc1cc(C(=O)O)c(N)cc1F. The molecule has 1 aromatic heterocycles. The smallest absolute Gasteiger partial charge is 0.337 e. The molecule has 7 heteroatoms. The van der Waals surface area contributed by atoms with Crippen molar-refractivity contribution < 1.29 is 14.3 Å². The number of aromatic carboxylic acids is 1. The Hall–Kier alpha value is -2.57. The van der Waals surface area contributed by atoms with Gasteiger partial charge in [-0.15, -0.1) is 0 Å². The van der Waals surface area contributed by atoms with Crippen LogP contribution in [-0.2, 0) is 13.5 Å². The predicted molar refractivity (Wildman–Crippen MR) is 73.2 cm³/mol. The normalized spacial score (nSPS) is 10.5. The van der Waals surface area contributed by atoms with Gasteiger partial charge in [-0.2, -0.15) is 0 Å². The molecule has 6 nitrogen and oxygen atoms in total. The van der Waals surface area contributed by atoms with Gasteiger partial charge in [0.25, 0.3) is 0 Å². The maximum atomic E-state index is 13.7. The van der Waals surface area contributed by atoms with Crippen LogP contribution in [-0.4, -0.2) is 27.2 Å². The van der Waals surface area contributed by atoms with Crippen molar-refractivity contribution in [2.75, 3.05) is 17.6 Å². The Kier molecular flexibility index (Phi) is 3.88. The summed E-state index contributed by atoms with van der Waals surface area (Å²) in [5.41, 5.74) is 5.36. The summed E-state index contributed by atoms with van der Waals surface area (Å²) in [5, 5.41) is 11.8. The molecule has 1 heterocycles. The molecule has 0 spiro atoms. The number of nitrogens with one attached hydrogen (secondary N) is 1. The van der Waals surface area contributed by atoms with E-state index in [4.69, 9.17) is 10.8 Å². The molecule has 0 saturated heterocycles. The lowest BCUT2D eigenvalue weighted by Gasteiger charge is -2.10. The number of aromatic nitrogens is 2. The maximum absolute atomic E-state index is 13.7. The minimum absolute atomic E-state index is 0.0929. The highest BCUT2D eigenvalue weighted by molar-refractivity contribution is 5.94. The van der Waals surface area contributed by atoms with Crippen molar-refractivity contribution in [3.8, 4) is 0 Å². The zero-order valence-electron chi connectivity index (χ0n) is 10.9. The highest BCUT2D eigenvalue weighted by Gasteiger charge is 2.13. The average Bonchev–Trinajstić information content (AvgIpc) is 2.77. The number of carboxylic acids is 1. The van der Waals surface area contributed by atoms with E-state index in [-0.39, 0.29) is 16.9 Å². The van der Waals surface area contributed by atoms with E-state index in [0.29, 0.717) is 13.0 Å². The number of hydrogen-bond donors (Lipinski definition) is 3. The maximum Gasteiger partial charge on any atom is 0.337 e. The molecule has 0 fully saturated rings. The topological polar surface area (TPSA) is 93.2 Å². The van der Waals surface area contributed by atoms with Crippen LogP contribution in [0.3, 0.4) is 0 Å². The van der Waals surface area contributed by atoms with Crippen molar-refractivity contribution in [1.82, 2.24) is 9.55 Å². The number of hydrogen-bond acceptors (Lipinski definition) is 4. The van der Waals surface area contributed by atoms with E-state index >= 15 is 0 Å². The molecule has 1 aromatic carbocycles.